The quantitative estimate of drug-likeness (QED) is 0.862. The maximum atomic E-state index is 12.5. The van der Waals surface area contributed by atoms with E-state index in [-0.39, 0.29) is 17.9 Å². The number of morpholine rings is 1. The third-order valence-corrected chi connectivity index (χ3v) is 5.07. The van der Waals surface area contributed by atoms with Crippen LogP contribution in [0.4, 0.5) is 0 Å². The van der Waals surface area contributed by atoms with Gasteiger partial charge in [0, 0.05) is 50.2 Å². The number of benzene rings is 1. The van der Waals surface area contributed by atoms with Crippen molar-refractivity contribution in [3.05, 3.63) is 34.9 Å². The van der Waals surface area contributed by atoms with E-state index in [4.69, 9.17) is 16.3 Å². The Labute approximate surface area is 153 Å². The molecule has 7 heteroatoms. The van der Waals surface area contributed by atoms with Crippen molar-refractivity contribution in [3.63, 3.8) is 0 Å². The first-order valence-corrected chi connectivity index (χ1v) is 9.11. The summed E-state index contributed by atoms with van der Waals surface area (Å²) in [6.07, 6.45) is 0.754. The Morgan fingerprint density at radius 3 is 2.44 bits per heavy atom. The van der Waals surface area contributed by atoms with E-state index >= 15 is 0 Å². The fourth-order valence-electron chi connectivity index (χ4n) is 3.21. The summed E-state index contributed by atoms with van der Waals surface area (Å²) in [4.78, 5) is 28.5. The van der Waals surface area contributed by atoms with Gasteiger partial charge in [-0.3, -0.25) is 9.59 Å². The zero-order valence-electron chi connectivity index (χ0n) is 14.2. The van der Waals surface area contributed by atoms with Gasteiger partial charge in [-0.25, -0.2) is 0 Å². The number of carbonyl (C=O) groups is 2. The Bertz CT molecular complexity index is 611. The second-order valence-electron chi connectivity index (χ2n) is 6.46. The van der Waals surface area contributed by atoms with Gasteiger partial charge in [-0.1, -0.05) is 29.8 Å². The van der Waals surface area contributed by atoms with E-state index in [1.165, 1.54) is 0 Å². The van der Waals surface area contributed by atoms with Crippen LogP contribution in [0.25, 0.3) is 0 Å². The smallest absolute Gasteiger partial charge is 0.227 e. The number of ether oxygens (including phenoxy) is 1. The molecule has 0 saturated carbocycles. The van der Waals surface area contributed by atoms with Crippen LogP contribution in [-0.4, -0.2) is 73.6 Å². The topological polar surface area (TPSA) is 61.9 Å². The highest BCUT2D eigenvalue weighted by molar-refractivity contribution is 6.31. The maximum absolute atomic E-state index is 12.5. The molecule has 0 spiro atoms. The summed E-state index contributed by atoms with van der Waals surface area (Å²) in [5.74, 6) is 0.184. The Kier molecular flexibility index (Phi) is 6.29. The highest BCUT2D eigenvalue weighted by atomic mass is 35.5. The molecule has 1 atom stereocenters. The average Bonchev–Trinajstić information content (AvgIpc) is 2.64. The molecule has 1 N–H and O–H groups in total. The number of piperazine rings is 1. The SMILES string of the molecule is O=C(Cc1ccccc1Cl)N1CCN(C(=O)CC2COCCN2)CC1. The van der Waals surface area contributed by atoms with Crippen molar-refractivity contribution in [2.75, 3.05) is 45.9 Å². The van der Waals surface area contributed by atoms with Crippen LogP contribution in [0.2, 0.25) is 5.02 Å². The average molecular weight is 366 g/mol. The number of hydrogen-bond acceptors (Lipinski definition) is 4. The Morgan fingerprint density at radius 2 is 1.80 bits per heavy atom. The van der Waals surface area contributed by atoms with Crippen LogP contribution < -0.4 is 5.32 Å². The maximum Gasteiger partial charge on any atom is 0.227 e. The van der Waals surface area contributed by atoms with Crippen LogP contribution >= 0.6 is 11.6 Å². The Hall–Kier alpha value is -1.63. The normalized spacial score (nSPS) is 21.2. The van der Waals surface area contributed by atoms with E-state index in [1.54, 1.807) is 6.07 Å². The molecular formula is C18H24ClN3O3. The third kappa shape index (κ3) is 4.93. The van der Waals surface area contributed by atoms with Crippen molar-refractivity contribution < 1.29 is 14.3 Å². The zero-order chi connectivity index (χ0) is 17.6. The first kappa shape index (κ1) is 18.2. The lowest BCUT2D eigenvalue weighted by molar-refractivity contribution is -0.139. The minimum atomic E-state index is 0.0579. The van der Waals surface area contributed by atoms with Gasteiger partial charge >= 0.3 is 0 Å². The third-order valence-electron chi connectivity index (χ3n) is 4.70. The van der Waals surface area contributed by atoms with Gasteiger partial charge in [-0.15, -0.1) is 0 Å². The lowest BCUT2D eigenvalue weighted by Gasteiger charge is -2.36. The summed E-state index contributed by atoms with van der Waals surface area (Å²) in [6, 6.07) is 7.51. The summed E-state index contributed by atoms with van der Waals surface area (Å²) in [5.41, 5.74) is 0.844. The van der Waals surface area contributed by atoms with Gasteiger partial charge < -0.3 is 19.9 Å². The monoisotopic (exact) mass is 365 g/mol. The van der Waals surface area contributed by atoms with E-state index in [0.29, 0.717) is 57.3 Å². The van der Waals surface area contributed by atoms with Gasteiger partial charge in [0.2, 0.25) is 11.8 Å². The van der Waals surface area contributed by atoms with Gasteiger partial charge in [0.1, 0.15) is 0 Å². The Morgan fingerprint density at radius 1 is 1.12 bits per heavy atom. The molecule has 1 aromatic carbocycles. The summed E-state index contributed by atoms with van der Waals surface area (Å²) in [7, 11) is 0. The molecule has 2 fully saturated rings. The number of nitrogens with one attached hydrogen (secondary N) is 1. The van der Waals surface area contributed by atoms with Crippen molar-refractivity contribution in [2.45, 2.75) is 18.9 Å². The number of amides is 2. The van der Waals surface area contributed by atoms with E-state index in [9.17, 15) is 9.59 Å². The predicted molar refractivity (Wildman–Crippen MR) is 95.5 cm³/mol. The summed E-state index contributed by atoms with van der Waals surface area (Å²) < 4.78 is 5.39. The second kappa shape index (κ2) is 8.65. The molecule has 1 aromatic rings. The lowest BCUT2D eigenvalue weighted by Crippen LogP contribution is -2.52. The summed E-state index contributed by atoms with van der Waals surface area (Å²) >= 11 is 6.12. The number of nitrogens with zero attached hydrogens (tertiary/aromatic N) is 2. The highest BCUT2D eigenvalue weighted by Gasteiger charge is 2.26. The van der Waals surface area contributed by atoms with Crippen molar-refractivity contribution in [3.8, 4) is 0 Å². The first-order chi connectivity index (χ1) is 12.1. The molecule has 0 bridgehead atoms. The van der Waals surface area contributed by atoms with Crippen LogP contribution in [0.1, 0.15) is 12.0 Å². The molecule has 0 aliphatic carbocycles. The van der Waals surface area contributed by atoms with E-state index < -0.39 is 0 Å². The van der Waals surface area contributed by atoms with Crippen molar-refractivity contribution >= 4 is 23.4 Å². The minimum absolute atomic E-state index is 0.0579. The fourth-order valence-corrected chi connectivity index (χ4v) is 3.42. The van der Waals surface area contributed by atoms with Gasteiger partial charge in [0.05, 0.1) is 19.6 Å². The largest absolute Gasteiger partial charge is 0.378 e. The van der Waals surface area contributed by atoms with Crippen LogP contribution in [0, 0.1) is 0 Å². The van der Waals surface area contributed by atoms with Crippen LogP contribution in [0.15, 0.2) is 24.3 Å². The molecule has 3 rings (SSSR count). The van der Waals surface area contributed by atoms with Crippen LogP contribution in [0.3, 0.4) is 0 Å². The number of hydrogen-bond donors (Lipinski definition) is 1. The van der Waals surface area contributed by atoms with Crippen molar-refractivity contribution in [2.24, 2.45) is 0 Å². The minimum Gasteiger partial charge on any atom is -0.378 e. The number of rotatable bonds is 4. The fraction of sp³-hybridized carbons (Fsp3) is 0.556. The molecule has 0 radical (unpaired) electrons. The van der Waals surface area contributed by atoms with Crippen molar-refractivity contribution in [1.29, 1.82) is 0 Å². The molecule has 2 aliphatic heterocycles. The van der Waals surface area contributed by atoms with Gasteiger partial charge in [0.15, 0.2) is 0 Å². The molecule has 0 aromatic heterocycles. The highest BCUT2D eigenvalue weighted by Crippen LogP contribution is 2.17. The second-order valence-corrected chi connectivity index (χ2v) is 6.87. The number of carbonyl (C=O) groups excluding carboxylic acids is 2. The molecule has 2 heterocycles. The van der Waals surface area contributed by atoms with Gasteiger partial charge in [-0.2, -0.15) is 0 Å². The molecule has 25 heavy (non-hydrogen) atoms. The molecule has 2 amide bonds. The number of halogens is 1. The first-order valence-electron chi connectivity index (χ1n) is 8.73. The zero-order valence-corrected chi connectivity index (χ0v) is 15.0. The van der Waals surface area contributed by atoms with Crippen LogP contribution in [0.5, 0.6) is 0 Å². The predicted octanol–water partition coefficient (Wildman–Crippen LogP) is 0.932. The summed E-state index contributed by atoms with van der Waals surface area (Å²) in [5, 5.41) is 3.92. The van der Waals surface area contributed by atoms with Gasteiger partial charge in [-0.05, 0) is 11.6 Å². The Balaban J connectivity index is 1.45. The lowest BCUT2D eigenvalue weighted by atomic mass is 10.1. The van der Waals surface area contributed by atoms with Crippen LogP contribution in [-0.2, 0) is 20.7 Å². The molecular weight excluding hydrogens is 342 g/mol. The van der Waals surface area contributed by atoms with E-state index in [1.807, 2.05) is 28.0 Å². The van der Waals surface area contributed by atoms with Crippen molar-refractivity contribution in [1.82, 2.24) is 15.1 Å². The molecule has 136 valence electrons. The van der Waals surface area contributed by atoms with E-state index in [0.717, 1.165) is 12.1 Å². The molecule has 2 aliphatic rings. The molecule has 2 saturated heterocycles. The summed E-state index contributed by atoms with van der Waals surface area (Å²) in [6.45, 7) is 4.40. The van der Waals surface area contributed by atoms with Gasteiger partial charge in [0.25, 0.3) is 0 Å². The van der Waals surface area contributed by atoms with E-state index in [2.05, 4.69) is 5.32 Å². The molecule has 1 unspecified atom stereocenters. The molecule has 6 nitrogen and oxygen atoms in total. The standard InChI is InChI=1S/C18H24ClN3O3/c19-16-4-2-1-3-14(16)11-17(23)21-6-8-22(9-7-21)18(24)12-15-13-25-10-5-20-15/h1-4,15,20H,5-13H2.